The lowest BCUT2D eigenvalue weighted by atomic mass is 10.3. The van der Waals surface area contributed by atoms with Crippen LogP contribution in [0.5, 0.6) is 0 Å². The molecule has 0 aliphatic heterocycles. The van der Waals surface area contributed by atoms with Gasteiger partial charge in [-0.2, -0.15) is 0 Å². The molecule has 0 heterocycles. The molecular weight excluding hydrogens is 216 g/mol. The summed E-state index contributed by atoms with van der Waals surface area (Å²) >= 11 is 0. The van der Waals surface area contributed by atoms with Gasteiger partial charge in [0.2, 0.25) is 0 Å². The molecule has 1 atom stereocenters. The first kappa shape index (κ1) is 14.4. The summed E-state index contributed by atoms with van der Waals surface area (Å²) in [5.74, 6) is -1.33. The predicted molar refractivity (Wildman–Crippen MR) is 53.4 cm³/mol. The number of carbonyl (C=O) groups is 3. The van der Waals surface area contributed by atoms with Crippen LogP contribution < -0.4 is 0 Å². The van der Waals surface area contributed by atoms with Crippen LogP contribution in [0, 0.1) is 0 Å². The molecule has 0 radical (unpaired) electrons. The number of hydrogen-bond acceptors (Lipinski definition) is 6. The number of esters is 3. The molecule has 6 nitrogen and oxygen atoms in total. The molecule has 6 heteroatoms. The van der Waals surface area contributed by atoms with E-state index in [9.17, 15) is 14.4 Å². The molecule has 0 aromatic rings. The van der Waals surface area contributed by atoms with Crippen molar-refractivity contribution in [2.24, 2.45) is 0 Å². The SMILES string of the molecule is CC(=O)OCC[C@@H](COC(C)=O)OC(C)=O. The maximum Gasteiger partial charge on any atom is 0.303 e. The van der Waals surface area contributed by atoms with E-state index in [0.717, 1.165) is 0 Å². The maximum absolute atomic E-state index is 10.7. The van der Waals surface area contributed by atoms with Gasteiger partial charge in [-0.3, -0.25) is 14.4 Å². The van der Waals surface area contributed by atoms with Crippen molar-refractivity contribution in [1.82, 2.24) is 0 Å². The third-order valence-corrected chi connectivity index (χ3v) is 1.55. The maximum atomic E-state index is 10.7. The van der Waals surface area contributed by atoms with Gasteiger partial charge in [-0.1, -0.05) is 0 Å². The molecular formula is C10H16O6. The highest BCUT2D eigenvalue weighted by Gasteiger charge is 2.14. The molecule has 0 N–H and O–H groups in total. The second-order valence-corrected chi connectivity index (χ2v) is 3.16. The van der Waals surface area contributed by atoms with Gasteiger partial charge < -0.3 is 14.2 Å². The summed E-state index contributed by atoms with van der Waals surface area (Å²) in [6.07, 6.45) is -0.285. The average molecular weight is 232 g/mol. The van der Waals surface area contributed by atoms with Gasteiger partial charge in [0.15, 0.2) is 0 Å². The summed E-state index contributed by atoms with van der Waals surface area (Å²) in [6.45, 7) is 3.89. The summed E-state index contributed by atoms with van der Waals surface area (Å²) in [7, 11) is 0. The van der Waals surface area contributed by atoms with E-state index in [1.165, 1.54) is 20.8 Å². The zero-order valence-electron chi connectivity index (χ0n) is 9.65. The molecule has 0 fully saturated rings. The van der Waals surface area contributed by atoms with Crippen molar-refractivity contribution < 1.29 is 28.6 Å². The lowest BCUT2D eigenvalue weighted by Gasteiger charge is -2.16. The Morgan fingerprint density at radius 1 is 0.938 bits per heavy atom. The highest BCUT2D eigenvalue weighted by atomic mass is 16.6. The molecule has 0 rings (SSSR count). The molecule has 0 aliphatic carbocycles. The average Bonchev–Trinajstić information content (AvgIpc) is 2.12. The minimum atomic E-state index is -0.583. The van der Waals surface area contributed by atoms with E-state index in [-0.39, 0.29) is 13.2 Å². The van der Waals surface area contributed by atoms with Crippen molar-refractivity contribution in [3.63, 3.8) is 0 Å². The summed E-state index contributed by atoms with van der Waals surface area (Å²) in [5, 5.41) is 0. The van der Waals surface area contributed by atoms with E-state index in [2.05, 4.69) is 0 Å². The molecule has 0 aromatic carbocycles. The molecule has 0 saturated carbocycles. The Bertz CT molecular complexity index is 260. The highest BCUT2D eigenvalue weighted by molar-refractivity contribution is 5.67. The number of carbonyl (C=O) groups excluding carboxylic acids is 3. The molecule has 0 spiro atoms. The number of hydrogen-bond donors (Lipinski definition) is 0. The van der Waals surface area contributed by atoms with Gasteiger partial charge in [0, 0.05) is 27.2 Å². The minimum absolute atomic E-state index is 0.0316. The first-order chi connectivity index (χ1) is 7.41. The number of rotatable bonds is 6. The molecule has 0 amide bonds. The third kappa shape index (κ3) is 8.98. The van der Waals surface area contributed by atoms with Crippen molar-refractivity contribution in [2.45, 2.75) is 33.3 Å². The highest BCUT2D eigenvalue weighted by Crippen LogP contribution is 2.01. The van der Waals surface area contributed by atoms with Crippen LogP contribution in [0.4, 0.5) is 0 Å². The summed E-state index contributed by atoms with van der Waals surface area (Å²) in [4.78, 5) is 31.8. The van der Waals surface area contributed by atoms with Crippen LogP contribution in [0.2, 0.25) is 0 Å². The van der Waals surface area contributed by atoms with Crippen LogP contribution in [-0.4, -0.2) is 37.2 Å². The zero-order chi connectivity index (χ0) is 12.6. The van der Waals surface area contributed by atoms with E-state index >= 15 is 0 Å². The lowest BCUT2D eigenvalue weighted by molar-refractivity contribution is -0.158. The fraction of sp³-hybridized carbons (Fsp3) is 0.700. The summed E-state index contributed by atoms with van der Waals surface area (Å²) in [5.41, 5.74) is 0. The molecule has 0 saturated heterocycles. The lowest BCUT2D eigenvalue weighted by Crippen LogP contribution is -2.25. The summed E-state index contributed by atoms with van der Waals surface area (Å²) < 4.78 is 14.3. The van der Waals surface area contributed by atoms with Gasteiger partial charge in [-0.05, 0) is 0 Å². The van der Waals surface area contributed by atoms with Crippen LogP contribution >= 0.6 is 0 Å². The van der Waals surface area contributed by atoms with Gasteiger partial charge in [-0.15, -0.1) is 0 Å². The van der Waals surface area contributed by atoms with Crippen LogP contribution in [0.1, 0.15) is 27.2 Å². The third-order valence-electron chi connectivity index (χ3n) is 1.55. The zero-order valence-corrected chi connectivity index (χ0v) is 9.65. The quantitative estimate of drug-likeness (QED) is 0.488. The van der Waals surface area contributed by atoms with Crippen molar-refractivity contribution >= 4 is 17.9 Å². The van der Waals surface area contributed by atoms with E-state index in [1.54, 1.807) is 0 Å². The monoisotopic (exact) mass is 232 g/mol. The molecule has 0 bridgehead atoms. The fourth-order valence-corrected chi connectivity index (χ4v) is 0.955. The van der Waals surface area contributed by atoms with Gasteiger partial charge in [-0.25, -0.2) is 0 Å². The first-order valence-electron chi connectivity index (χ1n) is 4.85. The van der Waals surface area contributed by atoms with Gasteiger partial charge >= 0.3 is 17.9 Å². The Morgan fingerprint density at radius 3 is 1.94 bits per heavy atom. The Morgan fingerprint density at radius 2 is 1.50 bits per heavy atom. The first-order valence-corrected chi connectivity index (χ1v) is 4.85. The van der Waals surface area contributed by atoms with Crippen LogP contribution in [-0.2, 0) is 28.6 Å². The van der Waals surface area contributed by atoms with Crippen molar-refractivity contribution in [2.75, 3.05) is 13.2 Å². The van der Waals surface area contributed by atoms with Crippen LogP contribution in [0.15, 0.2) is 0 Å². The normalized spacial score (nSPS) is 11.4. The van der Waals surface area contributed by atoms with E-state index in [4.69, 9.17) is 14.2 Å². The van der Waals surface area contributed by atoms with Gasteiger partial charge in [0.05, 0.1) is 6.61 Å². The molecule has 0 aliphatic rings. The standard InChI is InChI=1S/C10H16O6/c1-7(11)14-5-4-10(16-9(3)13)6-15-8(2)12/h10H,4-6H2,1-3H3/t10-/m0/s1. The minimum Gasteiger partial charge on any atom is -0.466 e. The predicted octanol–water partition coefficient (Wildman–Crippen LogP) is 0.434. The van der Waals surface area contributed by atoms with E-state index in [0.29, 0.717) is 6.42 Å². The van der Waals surface area contributed by atoms with Crippen molar-refractivity contribution in [3.8, 4) is 0 Å². The smallest absolute Gasteiger partial charge is 0.303 e. The Labute approximate surface area is 93.8 Å². The molecule has 92 valence electrons. The van der Waals surface area contributed by atoms with Crippen molar-refractivity contribution in [1.29, 1.82) is 0 Å². The molecule has 0 aromatic heterocycles. The van der Waals surface area contributed by atoms with E-state index < -0.39 is 24.0 Å². The Hall–Kier alpha value is -1.59. The number of ether oxygens (including phenoxy) is 3. The fourth-order valence-electron chi connectivity index (χ4n) is 0.955. The van der Waals surface area contributed by atoms with Gasteiger partial charge in [0.1, 0.15) is 12.7 Å². The van der Waals surface area contributed by atoms with Gasteiger partial charge in [0.25, 0.3) is 0 Å². The molecule has 0 unspecified atom stereocenters. The summed E-state index contributed by atoms with van der Waals surface area (Å²) in [6, 6.07) is 0. The largest absolute Gasteiger partial charge is 0.466 e. The van der Waals surface area contributed by atoms with Crippen molar-refractivity contribution in [3.05, 3.63) is 0 Å². The van der Waals surface area contributed by atoms with Crippen LogP contribution in [0.25, 0.3) is 0 Å². The Kier molecular flexibility index (Phi) is 6.91. The van der Waals surface area contributed by atoms with Crippen LogP contribution in [0.3, 0.4) is 0 Å². The molecule has 16 heavy (non-hydrogen) atoms. The topological polar surface area (TPSA) is 78.9 Å². The van der Waals surface area contributed by atoms with E-state index in [1.807, 2.05) is 0 Å². The Balaban J connectivity index is 3.94. The second kappa shape index (κ2) is 7.67. The second-order valence-electron chi connectivity index (χ2n) is 3.16.